The molecule has 1 atom stereocenters. The fourth-order valence-corrected chi connectivity index (χ4v) is 3.70. The Labute approximate surface area is 172 Å². The van der Waals surface area contributed by atoms with Gasteiger partial charge >= 0.3 is 0 Å². The van der Waals surface area contributed by atoms with Gasteiger partial charge in [-0.1, -0.05) is 48.0 Å². The number of halogens is 2. The Hall–Kier alpha value is -3.18. The summed E-state index contributed by atoms with van der Waals surface area (Å²) >= 11 is 6.45. The molecule has 0 saturated heterocycles. The first-order valence-corrected chi connectivity index (χ1v) is 9.62. The molecule has 6 heteroatoms. The number of rotatable bonds is 4. The quantitative estimate of drug-likeness (QED) is 0.477. The highest BCUT2D eigenvalue weighted by molar-refractivity contribution is 6.33. The zero-order valence-corrected chi connectivity index (χ0v) is 16.7. The number of fused-ring (bicyclic) bond motifs is 1. The summed E-state index contributed by atoms with van der Waals surface area (Å²) in [7, 11) is 0. The van der Waals surface area contributed by atoms with Crippen molar-refractivity contribution in [3.05, 3.63) is 94.5 Å². The Morgan fingerprint density at radius 2 is 1.76 bits per heavy atom. The van der Waals surface area contributed by atoms with Gasteiger partial charge in [-0.3, -0.25) is 4.79 Å². The van der Waals surface area contributed by atoms with Crippen LogP contribution in [0.1, 0.15) is 34.6 Å². The van der Waals surface area contributed by atoms with Gasteiger partial charge in [0.05, 0.1) is 23.0 Å². The third-order valence-corrected chi connectivity index (χ3v) is 5.27. The van der Waals surface area contributed by atoms with Crippen molar-refractivity contribution >= 4 is 28.3 Å². The van der Waals surface area contributed by atoms with Gasteiger partial charge in [0, 0.05) is 0 Å². The maximum absolute atomic E-state index is 13.2. The van der Waals surface area contributed by atoms with Crippen molar-refractivity contribution in [1.82, 2.24) is 15.1 Å². The highest BCUT2D eigenvalue weighted by Gasteiger charge is 2.22. The number of aromatic nitrogens is 2. The number of nitrogens with one attached hydrogen (secondary N) is 1. The largest absolute Gasteiger partial charge is 0.345 e. The second-order valence-electron chi connectivity index (χ2n) is 6.94. The first-order valence-electron chi connectivity index (χ1n) is 9.24. The van der Waals surface area contributed by atoms with Crippen molar-refractivity contribution < 1.29 is 9.18 Å². The predicted octanol–water partition coefficient (Wildman–Crippen LogP) is 5.62. The molecular formula is C23H19ClFN3O. The Morgan fingerprint density at radius 1 is 1.07 bits per heavy atom. The number of aryl methyl sites for hydroxylation is 1. The number of nitrogens with zero attached hydrogens (tertiary/aromatic N) is 2. The van der Waals surface area contributed by atoms with Gasteiger partial charge < -0.3 is 5.32 Å². The molecule has 29 heavy (non-hydrogen) atoms. The minimum atomic E-state index is -0.351. The van der Waals surface area contributed by atoms with E-state index in [0.717, 1.165) is 16.3 Å². The average molecular weight is 408 g/mol. The minimum Gasteiger partial charge on any atom is -0.345 e. The van der Waals surface area contributed by atoms with Crippen molar-refractivity contribution in [2.24, 2.45) is 0 Å². The Balaban J connectivity index is 1.60. The molecule has 4 aromatic rings. The Kier molecular flexibility index (Phi) is 5.07. The molecule has 1 amide bonds. The lowest BCUT2D eigenvalue weighted by Crippen LogP contribution is -2.27. The van der Waals surface area contributed by atoms with E-state index in [4.69, 9.17) is 11.6 Å². The van der Waals surface area contributed by atoms with Gasteiger partial charge in [-0.05, 0) is 60.5 Å². The molecule has 3 aromatic carbocycles. The molecule has 1 aromatic heterocycles. The van der Waals surface area contributed by atoms with Crippen molar-refractivity contribution in [3.8, 4) is 5.69 Å². The molecule has 0 aliphatic rings. The van der Waals surface area contributed by atoms with E-state index < -0.39 is 0 Å². The number of carbonyl (C=O) groups excluding carboxylic acids is 1. The van der Waals surface area contributed by atoms with E-state index in [-0.39, 0.29) is 22.9 Å². The van der Waals surface area contributed by atoms with Crippen molar-refractivity contribution in [2.45, 2.75) is 19.9 Å². The highest BCUT2D eigenvalue weighted by Crippen LogP contribution is 2.25. The molecule has 0 spiro atoms. The Morgan fingerprint density at radius 3 is 2.48 bits per heavy atom. The molecule has 0 bridgehead atoms. The third-order valence-electron chi connectivity index (χ3n) is 4.92. The first kappa shape index (κ1) is 19.2. The van der Waals surface area contributed by atoms with Crippen LogP contribution in [0.2, 0.25) is 5.15 Å². The zero-order chi connectivity index (χ0) is 20.5. The third kappa shape index (κ3) is 3.74. The molecule has 0 aliphatic heterocycles. The predicted molar refractivity (Wildman–Crippen MR) is 113 cm³/mol. The Bertz CT molecular complexity index is 1200. The van der Waals surface area contributed by atoms with E-state index in [1.165, 1.54) is 16.8 Å². The van der Waals surface area contributed by atoms with Crippen LogP contribution >= 0.6 is 11.6 Å². The SMILES string of the molecule is Cc1nn(-c2ccc(F)cc2)c(Cl)c1C(=O)NC(C)c1ccc2ccccc2c1. The van der Waals surface area contributed by atoms with Crippen LogP contribution in [-0.2, 0) is 0 Å². The number of hydrogen-bond donors (Lipinski definition) is 1. The van der Waals surface area contributed by atoms with E-state index in [1.54, 1.807) is 19.1 Å². The van der Waals surface area contributed by atoms with Gasteiger partial charge in [-0.25, -0.2) is 9.07 Å². The van der Waals surface area contributed by atoms with Gasteiger partial charge in [0.15, 0.2) is 0 Å². The molecule has 4 nitrogen and oxygen atoms in total. The van der Waals surface area contributed by atoms with E-state index >= 15 is 0 Å². The van der Waals surface area contributed by atoms with E-state index in [9.17, 15) is 9.18 Å². The maximum atomic E-state index is 13.2. The summed E-state index contributed by atoms with van der Waals surface area (Å²) in [5, 5.41) is 9.80. The molecule has 0 aliphatic carbocycles. The van der Waals surface area contributed by atoms with Crippen molar-refractivity contribution in [3.63, 3.8) is 0 Å². The van der Waals surface area contributed by atoms with E-state index in [0.29, 0.717) is 16.9 Å². The monoisotopic (exact) mass is 407 g/mol. The van der Waals surface area contributed by atoms with E-state index in [2.05, 4.69) is 22.5 Å². The highest BCUT2D eigenvalue weighted by atomic mass is 35.5. The van der Waals surface area contributed by atoms with Crippen molar-refractivity contribution in [2.75, 3.05) is 0 Å². The number of amides is 1. The van der Waals surface area contributed by atoms with Crippen LogP contribution in [0.3, 0.4) is 0 Å². The lowest BCUT2D eigenvalue weighted by atomic mass is 10.0. The smallest absolute Gasteiger partial charge is 0.256 e. The molecule has 1 unspecified atom stereocenters. The second-order valence-corrected chi connectivity index (χ2v) is 7.30. The first-order chi connectivity index (χ1) is 13.9. The van der Waals surface area contributed by atoms with Gasteiger partial charge in [-0.2, -0.15) is 5.10 Å². The molecular weight excluding hydrogens is 389 g/mol. The summed E-state index contributed by atoms with van der Waals surface area (Å²) in [6.07, 6.45) is 0. The van der Waals surface area contributed by atoms with Crippen LogP contribution < -0.4 is 5.32 Å². The fourth-order valence-electron chi connectivity index (χ4n) is 3.34. The molecule has 0 fully saturated rings. The van der Waals surface area contributed by atoms with Gasteiger partial charge in [0.25, 0.3) is 5.91 Å². The fraction of sp³-hybridized carbons (Fsp3) is 0.130. The maximum Gasteiger partial charge on any atom is 0.256 e. The summed E-state index contributed by atoms with van der Waals surface area (Å²) in [6.45, 7) is 3.65. The minimum absolute atomic E-state index is 0.192. The lowest BCUT2D eigenvalue weighted by molar-refractivity contribution is 0.0939. The number of hydrogen-bond acceptors (Lipinski definition) is 2. The zero-order valence-electron chi connectivity index (χ0n) is 16.0. The topological polar surface area (TPSA) is 46.9 Å². The summed E-state index contributed by atoms with van der Waals surface area (Å²) in [5.41, 5.74) is 2.39. The van der Waals surface area contributed by atoms with Gasteiger partial charge in [0.2, 0.25) is 0 Å². The van der Waals surface area contributed by atoms with Crippen LogP contribution in [0, 0.1) is 12.7 Å². The second kappa shape index (κ2) is 7.68. The average Bonchev–Trinajstić information content (AvgIpc) is 3.02. The summed E-state index contributed by atoms with van der Waals surface area (Å²) < 4.78 is 14.6. The van der Waals surface area contributed by atoms with Crippen LogP contribution in [0.4, 0.5) is 4.39 Å². The van der Waals surface area contributed by atoms with Crippen LogP contribution in [0.5, 0.6) is 0 Å². The molecule has 0 saturated carbocycles. The molecule has 1 N–H and O–H groups in total. The lowest BCUT2D eigenvalue weighted by Gasteiger charge is -2.15. The molecule has 146 valence electrons. The standard InChI is InChI=1S/C23H19ClFN3O/c1-14(17-8-7-16-5-3-4-6-18(16)13-17)26-23(29)21-15(2)27-28(22(21)24)20-11-9-19(25)10-12-20/h3-14H,1-2H3,(H,26,29). The van der Waals surface area contributed by atoms with Gasteiger partial charge in [0.1, 0.15) is 11.0 Å². The molecule has 4 rings (SSSR count). The van der Waals surface area contributed by atoms with Crippen LogP contribution in [-0.4, -0.2) is 15.7 Å². The summed E-state index contributed by atoms with van der Waals surface area (Å²) in [4.78, 5) is 12.9. The van der Waals surface area contributed by atoms with E-state index in [1.807, 2.05) is 37.3 Å². The summed E-state index contributed by atoms with van der Waals surface area (Å²) in [6, 6.07) is 19.7. The molecule has 1 heterocycles. The number of carbonyl (C=O) groups is 1. The van der Waals surface area contributed by atoms with Gasteiger partial charge in [-0.15, -0.1) is 0 Å². The normalized spacial score (nSPS) is 12.1. The van der Waals surface area contributed by atoms with Crippen molar-refractivity contribution in [1.29, 1.82) is 0 Å². The summed E-state index contributed by atoms with van der Waals surface area (Å²) in [5.74, 6) is -0.655. The molecule has 0 radical (unpaired) electrons. The van der Waals surface area contributed by atoms with Crippen LogP contribution in [0.25, 0.3) is 16.5 Å². The number of benzene rings is 3. The van der Waals surface area contributed by atoms with Crippen LogP contribution in [0.15, 0.2) is 66.7 Å².